The third kappa shape index (κ3) is 3.94. The van der Waals surface area contributed by atoms with Crippen molar-refractivity contribution in [3.8, 4) is 5.69 Å². The molecule has 3 aromatic rings. The second-order valence-corrected chi connectivity index (χ2v) is 6.83. The Hall–Kier alpha value is -3.74. The Morgan fingerprint density at radius 3 is 2.52 bits per heavy atom. The van der Waals surface area contributed by atoms with Gasteiger partial charge in [-0.1, -0.05) is 6.07 Å². The van der Waals surface area contributed by atoms with Crippen LogP contribution in [0.2, 0.25) is 0 Å². The highest BCUT2D eigenvalue weighted by Gasteiger charge is 2.31. The first kappa shape index (κ1) is 18.6. The number of piperidine rings is 1. The van der Waals surface area contributed by atoms with E-state index in [9.17, 15) is 14.4 Å². The van der Waals surface area contributed by atoms with Gasteiger partial charge in [0.1, 0.15) is 6.04 Å². The Kier molecular flexibility index (Phi) is 5.20. The molecule has 3 heterocycles. The van der Waals surface area contributed by atoms with Crippen LogP contribution in [0, 0.1) is 0 Å². The number of pyridine rings is 2. The molecular weight excluding hydrogens is 368 g/mol. The largest absolute Gasteiger partial charge is 0.340 e. The van der Waals surface area contributed by atoms with Gasteiger partial charge in [-0.3, -0.25) is 23.9 Å². The van der Waals surface area contributed by atoms with Gasteiger partial charge in [0.05, 0.1) is 5.56 Å². The summed E-state index contributed by atoms with van der Waals surface area (Å²) in [6.45, 7) is 0.586. The van der Waals surface area contributed by atoms with Crippen molar-refractivity contribution in [3.05, 3.63) is 89.1 Å². The lowest BCUT2D eigenvalue weighted by atomic mass is 10.0. The predicted octanol–water partition coefficient (Wildman–Crippen LogP) is 2.16. The van der Waals surface area contributed by atoms with Crippen LogP contribution in [0.4, 0.5) is 5.69 Å². The van der Waals surface area contributed by atoms with E-state index in [4.69, 9.17) is 0 Å². The van der Waals surface area contributed by atoms with Crippen molar-refractivity contribution in [2.24, 2.45) is 0 Å². The highest BCUT2D eigenvalue weighted by molar-refractivity contribution is 6.02. The predicted molar refractivity (Wildman–Crippen MR) is 109 cm³/mol. The van der Waals surface area contributed by atoms with Crippen LogP contribution < -0.4 is 15.8 Å². The van der Waals surface area contributed by atoms with E-state index in [1.807, 2.05) is 24.3 Å². The molecule has 1 saturated heterocycles. The molecule has 1 atom stereocenters. The molecule has 0 radical (unpaired) electrons. The van der Waals surface area contributed by atoms with Crippen molar-refractivity contribution in [3.63, 3.8) is 0 Å². The summed E-state index contributed by atoms with van der Waals surface area (Å²) in [4.78, 5) is 42.9. The Morgan fingerprint density at radius 2 is 1.79 bits per heavy atom. The Bertz CT molecular complexity index is 1080. The Balaban J connectivity index is 1.50. The summed E-state index contributed by atoms with van der Waals surface area (Å²) in [6.07, 6.45) is 6.15. The maximum atomic E-state index is 12.9. The third-order valence-electron chi connectivity index (χ3n) is 4.93. The molecule has 4 rings (SSSR count). The van der Waals surface area contributed by atoms with Crippen LogP contribution >= 0.6 is 0 Å². The molecule has 29 heavy (non-hydrogen) atoms. The smallest absolute Gasteiger partial charge is 0.255 e. The average molecular weight is 388 g/mol. The van der Waals surface area contributed by atoms with Gasteiger partial charge in [0, 0.05) is 42.6 Å². The van der Waals surface area contributed by atoms with Crippen LogP contribution in [0.1, 0.15) is 23.2 Å². The average Bonchev–Trinajstić information content (AvgIpc) is 2.76. The van der Waals surface area contributed by atoms with Gasteiger partial charge < -0.3 is 10.2 Å². The van der Waals surface area contributed by atoms with Crippen LogP contribution in [-0.4, -0.2) is 34.0 Å². The van der Waals surface area contributed by atoms with Gasteiger partial charge in [-0.2, -0.15) is 0 Å². The van der Waals surface area contributed by atoms with E-state index in [1.165, 1.54) is 12.3 Å². The minimum absolute atomic E-state index is 0.118. The molecule has 7 nitrogen and oxygen atoms in total. The zero-order valence-electron chi connectivity index (χ0n) is 15.7. The van der Waals surface area contributed by atoms with Gasteiger partial charge in [0.25, 0.3) is 11.5 Å². The van der Waals surface area contributed by atoms with Crippen molar-refractivity contribution in [1.82, 2.24) is 14.9 Å². The summed E-state index contributed by atoms with van der Waals surface area (Å²) < 4.78 is 1.54. The van der Waals surface area contributed by atoms with Crippen LogP contribution in [-0.2, 0) is 4.79 Å². The van der Waals surface area contributed by atoms with E-state index < -0.39 is 6.04 Å². The Labute approximate surface area is 167 Å². The third-order valence-corrected chi connectivity index (χ3v) is 4.93. The molecule has 1 aliphatic rings. The van der Waals surface area contributed by atoms with Crippen LogP contribution in [0.3, 0.4) is 0 Å². The lowest BCUT2D eigenvalue weighted by Gasteiger charge is -2.32. The van der Waals surface area contributed by atoms with Gasteiger partial charge in [0.2, 0.25) is 5.91 Å². The fourth-order valence-corrected chi connectivity index (χ4v) is 3.44. The second-order valence-electron chi connectivity index (χ2n) is 6.83. The Morgan fingerprint density at radius 1 is 1.00 bits per heavy atom. The standard InChI is InChI=1S/C22H20N4O3/c27-20-7-1-2-13-25(20)17-8-10-18(11-9-17)26-14-4-6-19(22(26)29)24-21(28)16-5-3-12-23-15-16/h1-3,5,7-13,15,19H,4,6,14H2,(H,24,28). The van der Waals surface area contributed by atoms with Crippen LogP contribution in [0.15, 0.2) is 78.0 Å². The topological polar surface area (TPSA) is 84.3 Å². The number of hydrogen-bond acceptors (Lipinski definition) is 4. The molecule has 2 aromatic heterocycles. The molecule has 2 amide bonds. The minimum atomic E-state index is -0.576. The maximum Gasteiger partial charge on any atom is 0.255 e. The first-order valence-electron chi connectivity index (χ1n) is 9.44. The highest BCUT2D eigenvalue weighted by Crippen LogP contribution is 2.22. The number of aromatic nitrogens is 2. The lowest BCUT2D eigenvalue weighted by molar-refractivity contribution is -0.121. The molecule has 0 saturated carbocycles. The van der Waals surface area contributed by atoms with Gasteiger partial charge in [-0.05, 0) is 55.3 Å². The number of anilines is 1. The number of amides is 2. The van der Waals surface area contributed by atoms with E-state index in [2.05, 4.69) is 10.3 Å². The SMILES string of the molecule is O=C(NC1CCCN(c2ccc(-n3ccccc3=O)cc2)C1=O)c1cccnc1. The summed E-state index contributed by atoms with van der Waals surface area (Å²) in [5.74, 6) is -0.449. The van der Waals surface area contributed by atoms with Gasteiger partial charge in [0.15, 0.2) is 0 Å². The van der Waals surface area contributed by atoms with Crippen molar-refractivity contribution in [1.29, 1.82) is 0 Å². The van der Waals surface area contributed by atoms with Crippen LogP contribution in [0.5, 0.6) is 0 Å². The van der Waals surface area contributed by atoms with Gasteiger partial charge in [-0.25, -0.2) is 0 Å². The summed E-state index contributed by atoms with van der Waals surface area (Å²) >= 11 is 0. The van der Waals surface area contributed by atoms with Crippen molar-refractivity contribution < 1.29 is 9.59 Å². The number of benzene rings is 1. The zero-order valence-corrected chi connectivity index (χ0v) is 15.7. The summed E-state index contributed by atoms with van der Waals surface area (Å²) in [6, 6.07) is 15.0. The maximum absolute atomic E-state index is 12.9. The molecule has 7 heteroatoms. The summed E-state index contributed by atoms with van der Waals surface area (Å²) in [7, 11) is 0. The highest BCUT2D eigenvalue weighted by atomic mass is 16.2. The normalized spacial score (nSPS) is 16.5. The fourth-order valence-electron chi connectivity index (χ4n) is 3.44. The molecular formula is C22H20N4O3. The van der Waals surface area contributed by atoms with Crippen LogP contribution in [0.25, 0.3) is 5.69 Å². The number of nitrogens with zero attached hydrogens (tertiary/aromatic N) is 3. The van der Waals surface area contributed by atoms with Gasteiger partial charge >= 0.3 is 0 Å². The molecule has 1 fully saturated rings. The first-order chi connectivity index (χ1) is 14.1. The molecule has 1 N–H and O–H groups in total. The quantitative estimate of drug-likeness (QED) is 0.742. The molecule has 1 aliphatic heterocycles. The minimum Gasteiger partial charge on any atom is -0.340 e. The molecule has 0 aliphatic carbocycles. The molecule has 0 spiro atoms. The number of carbonyl (C=O) groups excluding carboxylic acids is 2. The zero-order chi connectivity index (χ0) is 20.2. The van der Waals surface area contributed by atoms with Crippen molar-refractivity contribution in [2.75, 3.05) is 11.4 Å². The summed E-state index contributed by atoms with van der Waals surface area (Å²) in [5, 5.41) is 2.81. The van der Waals surface area contributed by atoms with E-state index >= 15 is 0 Å². The number of nitrogens with one attached hydrogen (secondary N) is 1. The fraction of sp³-hybridized carbons (Fsp3) is 0.182. The lowest BCUT2D eigenvalue weighted by Crippen LogP contribution is -2.52. The van der Waals surface area contributed by atoms with Crippen molar-refractivity contribution in [2.45, 2.75) is 18.9 Å². The molecule has 1 unspecified atom stereocenters. The number of hydrogen-bond donors (Lipinski definition) is 1. The van der Waals surface area contributed by atoms with E-state index in [0.717, 1.165) is 17.8 Å². The second kappa shape index (κ2) is 8.10. The molecule has 1 aromatic carbocycles. The molecule has 146 valence electrons. The van der Waals surface area contributed by atoms with Crippen molar-refractivity contribution >= 4 is 17.5 Å². The number of carbonyl (C=O) groups is 2. The van der Waals surface area contributed by atoms with E-state index in [0.29, 0.717) is 18.5 Å². The van der Waals surface area contributed by atoms with E-state index in [-0.39, 0.29) is 17.4 Å². The van der Waals surface area contributed by atoms with Gasteiger partial charge in [-0.15, -0.1) is 0 Å². The number of rotatable bonds is 4. The van der Waals surface area contributed by atoms with E-state index in [1.54, 1.807) is 46.1 Å². The monoisotopic (exact) mass is 388 g/mol. The summed E-state index contributed by atoms with van der Waals surface area (Å²) in [5.41, 5.74) is 1.77. The first-order valence-corrected chi connectivity index (χ1v) is 9.44. The molecule has 0 bridgehead atoms.